The van der Waals surface area contributed by atoms with Crippen molar-refractivity contribution in [2.75, 3.05) is 20.1 Å². The first-order valence-corrected chi connectivity index (χ1v) is 9.99. The summed E-state index contributed by atoms with van der Waals surface area (Å²) in [6.45, 7) is 14.0. The van der Waals surface area contributed by atoms with Gasteiger partial charge in [0.25, 0.3) is 0 Å². The van der Waals surface area contributed by atoms with E-state index in [0.717, 1.165) is 31.2 Å². The van der Waals surface area contributed by atoms with Gasteiger partial charge in [-0.1, -0.05) is 13.8 Å². The van der Waals surface area contributed by atoms with Gasteiger partial charge in [-0.05, 0) is 46.1 Å². The molecule has 0 saturated heterocycles. The Bertz CT molecular complexity index is 633. The molecule has 1 atom stereocenters. The molecule has 1 heterocycles. The lowest BCUT2D eigenvalue weighted by molar-refractivity contribution is 0.0486. The van der Waals surface area contributed by atoms with Crippen LogP contribution >= 0.6 is 0 Å². The van der Waals surface area contributed by atoms with Crippen LogP contribution in [0.15, 0.2) is 17.3 Å². The molecule has 0 aromatic carbocycles. The summed E-state index contributed by atoms with van der Waals surface area (Å²) in [5.74, 6) is 1.14. The summed E-state index contributed by atoms with van der Waals surface area (Å²) in [7, 11) is 3.92. The fourth-order valence-corrected chi connectivity index (χ4v) is 2.65. The molecule has 1 unspecified atom stereocenters. The van der Waals surface area contributed by atoms with Crippen LogP contribution in [0.4, 0.5) is 4.79 Å². The van der Waals surface area contributed by atoms with E-state index in [9.17, 15) is 4.79 Å². The van der Waals surface area contributed by atoms with Gasteiger partial charge in [-0.2, -0.15) is 5.10 Å². The maximum atomic E-state index is 12.1. The zero-order valence-corrected chi connectivity index (χ0v) is 18.7. The number of nitrogens with zero attached hydrogens (tertiary/aromatic N) is 4. The quantitative estimate of drug-likeness (QED) is 0.523. The first-order chi connectivity index (χ1) is 13.0. The zero-order chi connectivity index (χ0) is 21.3. The Balaban J connectivity index is 2.67. The van der Waals surface area contributed by atoms with Gasteiger partial charge in [0.05, 0.1) is 12.2 Å². The van der Waals surface area contributed by atoms with Crippen LogP contribution in [0.5, 0.6) is 0 Å². The van der Waals surface area contributed by atoms with Crippen LogP contribution in [0.1, 0.15) is 53.7 Å². The van der Waals surface area contributed by atoms with Crippen LogP contribution in [0.3, 0.4) is 0 Å². The van der Waals surface area contributed by atoms with E-state index in [1.165, 1.54) is 0 Å². The first kappa shape index (κ1) is 23.8. The molecule has 8 nitrogen and oxygen atoms in total. The number of ether oxygens (including phenoxy) is 1. The SMILES string of the molecule is CCNC(=NCc1ccnn1C)N(C)CCC(NC(=O)OC(C)(C)C)C(C)C. The summed E-state index contributed by atoms with van der Waals surface area (Å²) < 4.78 is 7.22. The number of amides is 1. The van der Waals surface area contributed by atoms with Gasteiger partial charge in [0.15, 0.2) is 5.96 Å². The van der Waals surface area contributed by atoms with Crippen molar-refractivity contribution in [3.05, 3.63) is 18.0 Å². The maximum absolute atomic E-state index is 12.1. The largest absolute Gasteiger partial charge is 0.444 e. The van der Waals surface area contributed by atoms with Crippen molar-refractivity contribution in [3.63, 3.8) is 0 Å². The predicted molar refractivity (Wildman–Crippen MR) is 113 cm³/mol. The second-order valence-corrected chi connectivity index (χ2v) is 8.32. The van der Waals surface area contributed by atoms with E-state index in [0.29, 0.717) is 12.5 Å². The van der Waals surface area contributed by atoms with E-state index in [4.69, 9.17) is 9.73 Å². The number of carbonyl (C=O) groups is 1. The number of rotatable bonds is 8. The Hall–Kier alpha value is -2.25. The number of hydrogen-bond donors (Lipinski definition) is 2. The average Bonchev–Trinajstić information content (AvgIpc) is 2.98. The van der Waals surface area contributed by atoms with Gasteiger partial charge < -0.3 is 20.3 Å². The van der Waals surface area contributed by atoms with E-state index in [1.54, 1.807) is 6.20 Å². The maximum Gasteiger partial charge on any atom is 0.407 e. The third-order valence-electron chi connectivity index (χ3n) is 4.29. The van der Waals surface area contributed by atoms with Crippen LogP contribution in [0.2, 0.25) is 0 Å². The van der Waals surface area contributed by atoms with Gasteiger partial charge in [0, 0.05) is 39.4 Å². The Morgan fingerprint density at radius 2 is 2.07 bits per heavy atom. The number of aromatic nitrogens is 2. The molecule has 0 aliphatic rings. The van der Waals surface area contributed by atoms with Crippen molar-refractivity contribution in [3.8, 4) is 0 Å². The van der Waals surface area contributed by atoms with Crippen LogP contribution < -0.4 is 10.6 Å². The predicted octanol–water partition coefficient (Wildman–Crippen LogP) is 2.76. The molecular formula is C20H38N6O2. The standard InChI is InChI=1S/C20H38N6O2/c1-9-21-18(22-14-16-10-12-23-26(16)8)25(7)13-11-17(15(2)3)24-19(27)28-20(4,5)6/h10,12,15,17H,9,11,13-14H2,1-8H3,(H,21,22)(H,24,27). The lowest BCUT2D eigenvalue weighted by Gasteiger charge is -2.28. The lowest BCUT2D eigenvalue weighted by atomic mass is 10.0. The van der Waals surface area contributed by atoms with Crippen molar-refractivity contribution in [2.45, 2.75) is 66.2 Å². The molecule has 0 aliphatic heterocycles. The molecule has 160 valence electrons. The minimum atomic E-state index is -0.501. The molecule has 0 fully saturated rings. The molecule has 0 radical (unpaired) electrons. The number of nitrogens with one attached hydrogen (secondary N) is 2. The highest BCUT2D eigenvalue weighted by Crippen LogP contribution is 2.11. The summed E-state index contributed by atoms with van der Waals surface area (Å²) in [5.41, 5.74) is 0.550. The van der Waals surface area contributed by atoms with Gasteiger partial charge in [-0.15, -0.1) is 0 Å². The van der Waals surface area contributed by atoms with Gasteiger partial charge >= 0.3 is 6.09 Å². The third kappa shape index (κ3) is 8.63. The summed E-state index contributed by atoms with van der Waals surface area (Å²) in [6.07, 6.45) is 2.20. The molecule has 0 saturated carbocycles. The average molecular weight is 395 g/mol. The first-order valence-electron chi connectivity index (χ1n) is 9.99. The van der Waals surface area contributed by atoms with Gasteiger partial charge in [0.2, 0.25) is 0 Å². The van der Waals surface area contributed by atoms with Gasteiger partial charge in [-0.25, -0.2) is 9.79 Å². The number of carbonyl (C=O) groups excluding carboxylic acids is 1. The molecular weight excluding hydrogens is 356 g/mol. The van der Waals surface area contributed by atoms with E-state index < -0.39 is 5.60 Å². The summed E-state index contributed by atoms with van der Waals surface area (Å²) in [5, 5.41) is 10.5. The van der Waals surface area contributed by atoms with Crippen molar-refractivity contribution in [1.29, 1.82) is 0 Å². The zero-order valence-electron chi connectivity index (χ0n) is 18.7. The topological polar surface area (TPSA) is 83.8 Å². The van der Waals surface area contributed by atoms with Crippen LogP contribution in [-0.2, 0) is 18.3 Å². The lowest BCUT2D eigenvalue weighted by Crippen LogP contribution is -2.45. The number of alkyl carbamates (subject to hydrolysis) is 1. The van der Waals surface area contributed by atoms with Gasteiger partial charge in [-0.3, -0.25) is 4.68 Å². The summed E-state index contributed by atoms with van der Waals surface area (Å²) in [4.78, 5) is 18.9. The van der Waals surface area contributed by atoms with Crippen LogP contribution in [-0.4, -0.2) is 58.5 Å². The number of guanidine groups is 1. The molecule has 0 aliphatic carbocycles. The minimum Gasteiger partial charge on any atom is -0.444 e. The third-order valence-corrected chi connectivity index (χ3v) is 4.29. The second-order valence-electron chi connectivity index (χ2n) is 8.32. The highest BCUT2D eigenvalue weighted by atomic mass is 16.6. The fourth-order valence-electron chi connectivity index (χ4n) is 2.65. The van der Waals surface area contributed by atoms with Crippen molar-refractivity contribution >= 4 is 12.1 Å². The van der Waals surface area contributed by atoms with E-state index in [1.807, 2.05) is 45.6 Å². The highest BCUT2D eigenvalue weighted by molar-refractivity contribution is 5.79. The Kier molecular flexibility index (Phi) is 9.28. The van der Waals surface area contributed by atoms with Crippen molar-refractivity contribution < 1.29 is 9.53 Å². The molecule has 1 aromatic heterocycles. The molecule has 1 rings (SSSR count). The van der Waals surface area contributed by atoms with Crippen LogP contribution in [0.25, 0.3) is 0 Å². The molecule has 2 N–H and O–H groups in total. The van der Waals surface area contributed by atoms with Crippen molar-refractivity contribution in [2.24, 2.45) is 18.0 Å². The number of hydrogen-bond acceptors (Lipinski definition) is 4. The molecule has 0 spiro atoms. The number of aliphatic imine (C=N–C) groups is 1. The number of aryl methyl sites for hydroxylation is 1. The molecule has 0 bridgehead atoms. The van der Waals surface area contributed by atoms with Crippen molar-refractivity contribution in [1.82, 2.24) is 25.3 Å². The highest BCUT2D eigenvalue weighted by Gasteiger charge is 2.22. The normalized spacial score (nSPS) is 13.4. The minimum absolute atomic E-state index is 0.0252. The van der Waals surface area contributed by atoms with E-state index >= 15 is 0 Å². The molecule has 8 heteroatoms. The van der Waals surface area contributed by atoms with Gasteiger partial charge in [0.1, 0.15) is 5.60 Å². The van der Waals surface area contributed by atoms with Crippen LogP contribution in [0, 0.1) is 5.92 Å². The summed E-state index contributed by atoms with van der Waals surface area (Å²) in [6, 6.07) is 1.99. The van der Waals surface area contributed by atoms with E-state index in [2.05, 4.69) is 41.4 Å². The monoisotopic (exact) mass is 394 g/mol. The molecule has 1 amide bonds. The smallest absolute Gasteiger partial charge is 0.407 e. The second kappa shape index (κ2) is 10.9. The Morgan fingerprint density at radius 1 is 1.39 bits per heavy atom. The van der Waals surface area contributed by atoms with E-state index in [-0.39, 0.29) is 12.1 Å². The Morgan fingerprint density at radius 3 is 2.57 bits per heavy atom. The molecule has 28 heavy (non-hydrogen) atoms. The fraction of sp³-hybridized carbons (Fsp3) is 0.750. The summed E-state index contributed by atoms with van der Waals surface area (Å²) >= 11 is 0. The molecule has 1 aromatic rings. The Labute approximate surface area is 169 Å².